The Balaban J connectivity index is 2.06. The molecule has 1 amide bonds. The van der Waals surface area contributed by atoms with E-state index in [2.05, 4.69) is 5.32 Å². The lowest BCUT2D eigenvalue weighted by molar-refractivity contribution is -0.123. The van der Waals surface area contributed by atoms with Crippen molar-refractivity contribution in [2.45, 2.75) is 13.0 Å². The van der Waals surface area contributed by atoms with Gasteiger partial charge in [0.2, 0.25) is 0 Å². The predicted molar refractivity (Wildman–Crippen MR) is 89.5 cm³/mol. The van der Waals surface area contributed by atoms with Crippen LogP contribution in [0, 0.1) is 5.82 Å². The summed E-state index contributed by atoms with van der Waals surface area (Å²) in [5, 5.41) is 2.54. The Kier molecular flexibility index (Phi) is 5.94. The van der Waals surface area contributed by atoms with Gasteiger partial charge >= 0.3 is 5.97 Å². The Morgan fingerprint density at radius 2 is 1.72 bits per heavy atom. The first-order chi connectivity index (χ1) is 11.9. The fourth-order valence-electron chi connectivity index (χ4n) is 2.03. The van der Waals surface area contributed by atoms with Gasteiger partial charge in [-0.3, -0.25) is 4.79 Å². The van der Waals surface area contributed by atoms with E-state index in [0.717, 1.165) is 0 Å². The number of methoxy groups -OCH3 is 2. The van der Waals surface area contributed by atoms with Gasteiger partial charge < -0.3 is 19.5 Å². The monoisotopic (exact) mass is 347 g/mol. The molecule has 7 heteroatoms. The van der Waals surface area contributed by atoms with E-state index in [-0.39, 0.29) is 5.56 Å². The molecule has 0 aliphatic heterocycles. The van der Waals surface area contributed by atoms with Crippen molar-refractivity contribution in [3.63, 3.8) is 0 Å². The van der Waals surface area contributed by atoms with E-state index in [4.69, 9.17) is 14.2 Å². The number of halogens is 1. The second kappa shape index (κ2) is 8.14. The van der Waals surface area contributed by atoms with Crippen LogP contribution in [0.25, 0.3) is 0 Å². The average molecular weight is 347 g/mol. The molecule has 0 saturated carbocycles. The van der Waals surface area contributed by atoms with Crippen LogP contribution in [0.1, 0.15) is 17.3 Å². The van der Waals surface area contributed by atoms with Gasteiger partial charge in [-0.1, -0.05) is 0 Å². The van der Waals surface area contributed by atoms with E-state index in [1.54, 1.807) is 12.1 Å². The number of esters is 1. The largest absolute Gasteiger partial charge is 0.497 e. The van der Waals surface area contributed by atoms with Crippen molar-refractivity contribution in [2.75, 3.05) is 19.5 Å². The summed E-state index contributed by atoms with van der Waals surface area (Å²) < 4.78 is 28.2. The van der Waals surface area contributed by atoms with E-state index in [0.29, 0.717) is 17.2 Å². The van der Waals surface area contributed by atoms with E-state index >= 15 is 0 Å². The van der Waals surface area contributed by atoms with Gasteiger partial charge in [0.25, 0.3) is 5.91 Å². The van der Waals surface area contributed by atoms with Crippen molar-refractivity contribution in [3.8, 4) is 11.5 Å². The van der Waals surface area contributed by atoms with Crippen LogP contribution < -0.4 is 14.8 Å². The molecule has 1 atom stereocenters. The molecular formula is C18H18FNO5. The standard InChI is InChI=1S/C18H18FNO5/c1-11(17(21)20-13-6-4-12(19)5-7-13)25-18(22)15-10-14(23-2)8-9-16(15)24-3/h4-11H,1-3H3,(H,20,21)/t11-/m0/s1. The highest BCUT2D eigenvalue weighted by atomic mass is 19.1. The zero-order valence-corrected chi connectivity index (χ0v) is 14.0. The lowest BCUT2D eigenvalue weighted by Crippen LogP contribution is -2.30. The maximum absolute atomic E-state index is 12.9. The van der Waals surface area contributed by atoms with Crippen LogP contribution in [0.3, 0.4) is 0 Å². The summed E-state index contributed by atoms with van der Waals surface area (Å²) in [5.74, 6) is -0.921. The molecule has 0 aliphatic carbocycles. The highest BCUT2D eigenvalue weighted by Crippen LogP contribution is 2.25. The zero-order chi connectivity index (χ0) is 18.4. The van der Waals surface area contributed by atoms with Gasteiger partial charge in [-0.2, -0.15) is 0 Å². The molecule has 25 heavy (non-hydrogen) atoms. The number of rotatable bonds is 6. The van der Waals surface area contributed by atoms with Gasteiger partial charge in [0.1, 0.15) is 22.9 Å². The summed E-state index contributed by atoms with van der Waals surface area (Å²) in [6, 6.07) is 9.92. The molecule has 0 fully saturated rings. The van der Waals surface area contributed by atoms with Gasteiger partial charge in [0.15, 0.2) is 6.10 Å². The second-order valence-electron chi connectivity index (χ2n) is 5.11. The van der Waals surface area contributed by atoms with Crippen molar-refractivity contribution in [3.05, 3.63) is 53.8 Å². The number of nitrogens with one attached hydrogen (secondary N) is 1. The number of ether oxygens (including phenoxy) is 3. The summed E-state index contributed by atoms with van der Waals surface area (Å²) in [6.45, 7) is 1.43. The van der Waals surface area contributed by atoms with E-state index < -0.39 is 23.8 Å². The number of hydrogen-bond donors (Lipinski definition) is 1. The molecular weight excluding hydrogens is 329 g/mol. The molecule has 1 N–H and O–H groups in total. The number of anilines is 1. The molecule has 0 heterocycles. The first-order valence-corrected chi connectivity index (χ1v) is 7.44. The minimum Gasteiger partial charge on any atom is -0.497 e. The molecule has 0 saturated heterocycles. The molecule has 0 unspecified atom stereocenters. The maximum Gasteiger partial charge on any atom is 0.342 e. The van der Waals surface area contributed by atoms with Crippen molar-refractivity contribution in [1.82, 2.24) is 0 Å². The minimum atomic E-state index is -1.06. The lowest BCUT2D eigenvalue weighted by Gasteiger charge is -2.15. The van der Waals surface area contributed by atoms with Gasteiger partial charge in [0.05, 0.1) is 14.2 Å². The summed E-state index contributed by atoms with van der Waals surface area (Å²) in [6.07, 6.45) is -1.06. The summed E-state index contributed by atoms with van der Waals surface area (Å²) in [7, 11) is 2.89. The average Bonchev–Trinajstić information content (AvgIpc) is 2.62. The molecule has 0 radical (unpaired) electrons. The van der Waals surface area contributed by atoms with Crippen LogP contribution in [0.15, 0.2) is 42.5 Å². The number of carbonyl (C=O) groups excluding carboxylic acids is 2. The van der Waals surface area contributed by atoms with Crippen molar-refractivity contribution < 1.29 is 28.2 Å². The van der Waals surface area contributed by atoms with Gasteiger partial charge in [-0.05, 0) is 49.4 Å². The second-order valence-corrected chi connectivity index (χ2v) is 5.11. The van der Waals surface area contributed by atoms with Gasteiger partial charge in [-0.25, -0.2) is 9.18 Å². The lowest BCUT2D eigenvalue weighted by atomic mass is 10.2. The molecule has 6 nitrogen and oxygen atoms in total. The Bertz CT molecular complexity index is 761. The topological polar surface area (TPSA) is 73.9 Å². The van der Waals surface area contributed by atoms with Crippen LogP contribution in [0.4, 0.5) is 10.1 Å². The third kappa shape index (κ3) is 4.69. The number of carbonyl (C=O) groups is 2. The maximum atomic E-state index is 12.9. The molecule has 0 aliphatic rings. The molecule has 2 aromatic rings. The Morgan fingerprint density at radius 1 is 1.04 bits per heavy atom. The van der Waals surface area contributed by atoms with Crippen LogP contribution in [-0.4, -0.2) is 32.2 Å². The van der Waals surface area contributed by atoms with Crippen molar-refractivity contribution >= 4 is 17.6 Å². The quantitative estimate of drug-likeness (QED) is 0.813. The molecule has 132 valence electrons. The van der Waals surface area contributed by atoms with E-state index in [1.807, 2.05) is 0 Å². The summed E-state index contributed by atoms with van der Waals surface area (Å²) in [4.78, 5) is 24.4. The van der Waals surface area contributed by atoms with Crippen molar-refractivity contribution in [2.24, 2.45) is 0 Å². The smallest absolute Gasteiger partial charge is 0.342 e. The molecule has 2 aromatic carbocycles. The van der Waals surface area contributed by atoms with Crippen LogP contribution >= 0.6 is 0 Å². The highest BCUT2D eigenvalue weighted by Gasteiger charge is 2.22. The highest BCUT2D eigenvalue weighted by molar-refractivity contribution is 5.98. The summed E-state index contributed by atoms with van der Waals surface area (Å²) in [5.41, 5.74) is 0.538. The summed E-state index contributed by atoms with van der Waals surface area (Å²) >= 11 is 0. The van der Waals surface area contributed by atoms with E-state index in [1.165, 1.54) is 51.5 Å². The number of hydrogen-bond acceptors (Lipinski definition) is 5. The van der Waals surface area contributed by atoms with E-state index in [9.17, 15) is 14.0 Å². The third-order valence-corrected chi connectivity index (χ3v) is 3.39. The SMILES string of the molecule is COc1ccc(OC)c(C(=O)O[C@@H](C)C(=O)Nc2ccc(F)cc2)c1. The van der Waals surface area contributed by atoms with Crippen LogP contribution in [0.2, 0.25) is 0 Å². The van der Waals surface area contributed by atoms with Crippen LogP contribution in [0.5, 0.6) is 11.5 Å². The molecule has 0 aromatic heterocycles. The Hall–Kier alpha value is -3.09. The minimum absolute atomic E-state index is 0.142. The van der Waals surface area contributed by atoms with Gasteiger partial charge in [0, 0.05) is 5.69 Å². The Morgan fingerprint density at radius 3 is 2.32 bits per heavy atom. The van der Waals surface area contributed by atoms with Gasteiger partial charge in [-0.15, -0.1) is 0 Å². The zero-order valence-electron chi connectivity index (χ0n) is 14.0. The normalized spacial score (nSPS) is 11.4. The Labute approximate surface area is 144 Å². The first-order valence-electron chi connectivity index (χ1n) is 7.44. The number of amides is 1. The molecule has 0 spiro atoms. The first kappa shape index (κ1) is 18.3. The fraction of sp³-hybridized carbons (Fsp3) is 0.222. The third-order valence-electron chi connectivity index (χ3n) is 3.39. The van der Waals surface area contributed by atoms with Crippen molar-refractivity contribution in [1.29, 1.82) is 0 Å². The molecule has 2 rings (SSSR count). The predicted octanol–water partition coefficient (Wildman–Crippen LogP) is 3.03. The number of benzene rings is 2. The molecule has 0 bridgehead atoms. The van der Waals surface area contributed by atoms with Crippen LogP contribution in [-0.2, 0) is 9.53 Å². The fourth-order valence-corrected chi connectivity index (χ4v) is 2.03.